The number of rotatable bonds is 8. The topological polar surface area (TPSA) is 20.2 Å². The molecule has 0 unspecified atom stereocenters. The van der Waals surface area contributed by atoms with Crippen molar-refractivity contribution in [2.75, 3.05) is 6.61 Å². The van der Waals surface area contributed by atoms with Crippen molar-refractivity contribution in [2.24, 2.45) is 0 Å². The highest BCUT2D eigenvalue weighted by Crippen LogP contribution is 2.13. The molecule has 12 heavy (non-hydrogen) atoms. The highest BCUT2D eigenvalue weighted by atomic mass is 79.9. The number of aliphatic hydroxyl groups is 1. The van der Waals surface area contributed by atoms with E-state index in [1.165, 1.54) is 32.1 Å². The average Bonchev–Trinajstić information content (AvgIpc) is 2.02. The van der Waals surface area contributed by atoms with Crippen LogP contribution in [0.4, 0.5) is 0 Å². The van der Waals surface area contributed by atoms with Gasteiger partial charge in [-0.3, -0.25) is 0 Å². The second-order valence-corrected chi connectivity index (χ2v) is 4.23. The van der Waals surface area contributed by atoms with E-state index < -0.39 is 0 Å². The standard InChI is InChI=1S/C10H19BrO/c1-10(11)8-6-4-2-3-5-7-9-12/h12H,1-9H2. The van der Waals surface area contributed by atoms with E-state index >= 15 is 0 Å². The summed E-state index contributed by atoms with van der Waals surface area (Å²) in [5.41, 5.74) is 0. The number of unbranched alkanes of at least 4 members (excludes halogenated alkanes) is 5. The summed E-state index contributed by atoms with van der Waals surface area (Å²) in [4.78, 5) is 0. The van der Waals surface area contributed by atoms with Crippen molar-refractivity contribution >= 4 is 15.9 Å². The molecular formula is C10H19BrO. The molecule has 0 aliphatic carbocycles. The fourth-order valence-corrected chi connectivity index (χ4v) is 1.42. The molecule has 0 spiro atoms. The fraction of sp³-hybridized carbons (Fsp3) is 0.800. The largest absolute Gasteiger partial charge is 0.396 e. The summed E-state index contributed by atoms with van der Waals surface area (Å²) in [7, 11) is 0. The minimum atomic E-state index is 0.345. The molecule has 0 saturated carbocycles. The monoisotopic (exact) mass is 234 g/mol. The van der Waals surface area contributed by atoms with Gasteiger partial charge in [0.2, 0.25) is 0 Å². The quantitative estimate of drug-likeness (QED) is 0.637. The Morgan fingerprint density at radius 1 is 1.00 bits per heavy atom. The van der Waals surface area contributed by atoms with Crippen molar-refractivity contribution in [3.63, 3.8) is 0 Å². The lowest BCUT2D eigenvalue weighted by Crippen LogP contribution is -1.83. The van der Waals surface area contributed by atoms with Crippen LogP contribution in [0.2, 0.25) is 0 Å². The molecule has 0 bridgehead atoms. The van der Waals surface area contributed by atoms with Gasteiger partial charge in [-0.05, 0) is 23.7 Å². The predicted molar refractivity (Wildman–Crippen MR) is 57.5 cm³/mol. The van der Waals surface area contributed by atoms with Crippen LogP contribution in [-0.2, 0) is 0 Å². The van der Waals surface area contributed by atoms with Gasteiger partial charge in [0.05, 0.1) is 0 Å². The van der Waals surface area contributed by atoms with Gasteiger partial charge in [0.1, 0.15) is 0 Å². The first-order valence-corrected chi connectivity index (χ1v) is 5.51. The summed E-state index contributed by atoms with van der Waals surface area (Å²) < 4.78 is 1.11. The van der Waals surface area contributed by atoms with Gasteiger partial charge in [-0.2, -0.15) is 0 Å². The fourth-order valence-electron chi connectivity index (χ4n) is 1.14. The van der Waals surface area contributed by atoms with E-state index in [-0.39, 0.29) is 0 Å². The van der Waals surface area contributed by atoms with Crippen LogP contribution in [0.5, 0.6) is 0 Å². The maximum Gasteiger partial charge on any atom is 0.0431 e. The van der Waals surface area contributed by atoms with Gasteiger partial charge in [0, 0.05) is 6.61 Å². The summed E-state index contributed by atoms with van der Waals surface area (Å²) in [5, 5.41) is 8.52. The van der Waals surface area contributed by atoms with Crippen molar-refractivity contribution < 1.29 is 5.11 Å². The van der Waals surface area contributed by atoms with E-state index in [9.17, 15) is 0 Å². The highest BCUT2D eigenvalue weighted by molar-refractivity contribution is 9.11. The molecule has 0 aliphatic rings. The zero-order valence-electron chi connectivity index (χ0n) is 7.69. The molecule has 0 radical (unpaired) electrons. The third kappa shape index (κ3) is 10.2. The van der Waals surface area contributed by atoms with Crippen LogP contribution in [-0.4, -0.2) is 11.7 Å². The average molecular weight is 235 g/mol. The van der Waals surface area contributed by atoms with Crippen LogP contribution in [0.15, 0.2) is 11.1 Å². The van der Waals surface area contributed by atoms with Crippen LogP contribution in [0.1, 0.15) is 44.9 Å². The number of halogens is 1. The van der Waals surface area contributed by atoms with Crippen LogP contribution in [0.3, 0.4) is 0 Å². The molecular weight excluding hydrogens is 216 g/mol. The molecule has 0 aromatic rings. The lowest BCUT2D eigenvalue weighted by atomic mass is 10.1. The molecule has 0 heterocycles. The summed E-state index contributed by atoms with van der Waals surface area (Å²) in [5.74, 6) is 0. The molecule has 72 valence electrons. The molecule has 0 saturated heterocycles. The Kier molecular flexibility index (Phi) is 9.41. The molecule has 0 rings (SSSR count). The Labute approximate surface area is 84.0 Å². The molecule has 1 N–H and O–H groups in total. The maximum atomic E-state index is 8.52. The molecule has 2 heteroatoms. The van der Waals surface area contributed by atoms with Crippen molar-refractivity contribution in [3.05, 3.63) is 11.1 Å². The maximum absolute atomic E-state index is 8.52. The molecule has 0 amide bonds. The second-order valence-electron chi connectivity index (χ2n) is 3.11. The van der Waals surface area contributed by atoms with Crippen LogP contribution in [0.25, 0.3) is 0 Å². The third-order valence-electron chi connectivity index (χ3n) is 1.86. The smallest absolute Gasteiger partial charge is 0.0431 e. The Balaban J connectivity index is 2.86. The van der Waals surface area contributed by atoms with E-state index in [2.05, 4.69) is 22.5 Å². The number of aliphatic hydroxyl groups excluding tert-OH is 1. The SMILES string of the molecule is C=C(Br)CCCCCCCCO. The van der Waals surface area contributed by atoms with E-state index in [1.807, 2.05) is 0 Å². The van der Waals surface area contributed by atoms with E-state index in [4.69, 9.17) is 5.11 Å². The van der Waals surface area contributed by atoms with E-state index in [0.717, 1.165) is 17.3 Å². The molecule has 1 nitrogen and oxygen atoms in total. The minimum Gasteiger partial charge on any atom is -0.396 e. The van der Waals surface area contributed by atoms with Crippen molar-refractivity contribution in [2.45, 2.75) is 44.9 Å². The first-order chi connectivity index (χ1) is 5.77. The zero-order valence-corrected chi connectivity index (χ0v) is 9.28. The summed E-state index contributed by atoms with van der Waals surface area (Å²) in [6.45, 7) is 4.13. The van der Waals surface area contributed by atoms with E-state index in [0.29, 0.717) is 6.61 Å². The van der Waals surface area contributed by atoms with E-state index in [1.54, 1.807) is 0 Å². The predicted octanol–water partition coefficient (Wildman–Crippen LogP) is 3.62. The summed E-state index contributed by atoms with van der Waals surface area (Å²) in [6.07, 6.45) is 8.31. The molecule has 0 atom stereocenters. The van der Waals surface area contributed by atoms with Crippen LogP contribution < -0.4 is 0 Å². The third-order valence-corrected chi connectivity index (χ3v) is 2.25. The van der Waals surface area contributed by atoms with Gasteiger partial charge in [-0.25, -0.2) is 0 Å². The number of hydrogen-bond donors (Lipinski definition) is 1. The van der Waals surface area contributed by atoms with Crippen LogP contribution >= 0.6 is 15.9 Å². The normalized spacial score (nSPS) is 10.2. The Hall–Kier alpha value is 0.180. The Morgan fingerprint density at radius 3 is 2.00 bits per heavy atom. The minimum absolute atomic E-state index is 0.345. The van der Waals surface area contributed by atoms with Gasteiger partial charge < -0.3 is 5.11 Å². The van der Waals surface area contributed by atoms with Crippen molar-refractivity contribution in [1.29, 1.82) is 0 Å². The molecule has 0 fully saturated rings. The molecule has 0 aromatic carbocycles. The first kappa shape index (κ1) is 12.2. The first-order valence-electron chi connectivity index (χ1n) is 4.71. The van der Waals surface area contributed by atoms with Gasteiger partial charge in [0.25, 0.3) is 0 Å². The van der Waals surface area contributed by atoms with Gasteiger partial charge >= 0.3 is 0 Å². The lowest BCUT2D eigenvalue weighted by Gasteiger charge is -1.99. The van der Waals surface area contributed by atoms with Gasteiger partial charge in [-0.1, -0.05) is 48.2 Å². The number of hydrogen-bond acceptors (Lipinski definition) is 1. The highest BCUT2D eigenvalue weighted by Gasteiger charge is 1.91. The van der Waals surface area contributed by atoms with Crippen LogP contribution in [0, 0.1) is 0 Å². The zero-order chi connectivity index (χ0) is 9.23. The number of allylic oxidation sites excluding steroid dienone is 1. The molecule has 0 aliphatic heterocycles. The lowest BCUT2D eigenvalue weighted by molar-refractivity contribution is 0.282. The van der Waals surface area contributed by atoms with Gasteiger partial charge in [0.15, 0.2) is 0 Å². The second kappa shape index (κ2) is 9.27. The van der Waals surface area contributed by atoms with Crippen molar-refractivity contribution in [3.8, 4) is 0 Å². The Morgan fingerprint density at radius 2 is 1.50 bits per heavy atom. The summed E-state index contributed by atoms with van der Waals surface area (Å²) in [6, 6.07) is 0. The molecule has 0 aromatic heterocycles. The van der Waals surface area contributed by atoms with Gasteiger partial charge in [-0.15, -0.1) is 0 Å². The van der Waals surface area contributed by atoms with Crippen molar-refractivity contribution in [1.82, 2.24) is 0 Å². The summed E-state index contributed by atoms with van der Waals surface area (Å²) >= 11 is 3.34. The Bertz CT molecular complexity index is 112.